The van der Waals surface area contributed by atoms with Gasteiger partial charge < -0.3 is 14.6 Å². The Labute approximate surface area is 181 Å². The Morgan fingerprint density at radius 3 is 2.80 bits per heavy atom. The van der Waals surface area contributed by atoms with Crippen LogP contribution in [0.3, 0.4) is 0 Å². The lowest BCUT2D eigenvalue weighted by Crippen LogP contribution is -1.99. The van der Waals surface area contributed by atoms with E-state index in [1.165, 1.54) is 5.56 Å². The van der Waals surface area contributed by atoms with Crippen LogP contribution in [0, 0.1) is 6.92 Å². The number of ether oxygens (including phenoxy) is 1. The van der Waals surface area contributed by atoms with Gasteiger partial charge in [-0.25, -0.2) is 9.97 Å². The highest BCUT2D eigenvalue weighted by Gasteiger charge is 2.18. The minimum absolute atomic E-state index is 0. The summed E-state index contributed by atoms with van der Waals surface area (Å²) in [4.78, 5) is 13.6. The van der Waals surface area contributed by atoms with Crippen LogP contribution < -0.4 is 5.32 Å². The number of pyridine rings is 2. The van der Waals surface area contributed by atoms with E-state index in [4.69, 9.17) is 9.26 Å². The smallest absolute Gasteiger partial charge is 0.261 e. The zero-order chi connectivity index (χ0) is 20.2. The third-order valence-corrected chi connectivity index (χ3v) is 4.70. The second-order valence-corrected chi connectivity index (χ2v) is 6.81. The van der Waals surface area contributed by atoms with Gasteiger partial charge in [-0.1, -0.05) is 24.2 Å². The van der Waals surface area contributed by atoms with Gasteiger partial charge in [0.2, 0.25) is 0 Å². The van der Waals surface area contributed by atoms with Crippen LogP contribution in [0.25, 0.3) is 22.5 Å². The number of hydrogen-bond acceptors (Lipinski definition) is 7. The van der Waals surface area contributed by atoms with Crippen LogP contribution in [0.4, 0.5) is 11.4 Å². The third kappa shape index (κ3) is 4.58. The van der Waals surface area contributed by atoms with Crippen molar-refractivity contribution in [2.75, 3.05) is 19.0 Å². The van der Waals surface area contributed by atoms with E-state index in [2.05, 4.69) is 44.5 Å². The van der Waals surface area contributed by atoms with Gasteiger partial charge in [-0.2, -0.15) is 4.98 Å². The molecule has 1 N–H and O–H groups in total. The van der Waals surface area contributed by atoms with Crippen molar-refractivity contribution >= 4 is 34.8 Å². The molecule has 0 aliphatic rings. The Hall–Kier alpha value is -3.03. The molecule has 0 saturated heterocycles. The monoisotopic (exact) mass is 425 g/mol. The molecule has 30 heavy (non-hydrogen) atoms. The first-order valence-electron chi connectivity index (χ1n) is 9.62. The van der Waals surface area contributed by atoms with Crippen molar-refractivity contribution in [3.05, 3.63) is 59.7 Å². The molecule has 0 amide bonds. The first kappa shape index (κ1) is 21.7. The van der Waals surface area contributed by atoms with Crippen molar-refractivity contribution < 1.29 is 9.26 Å². The average molecular weight is 426 g/mol. The first-order chi connectivity index (χ1) is 14.2. The van der Waals surface area contributed by atoms with E-state index in [0.717, 1.165) is 34.4 Å². The molecule has 0 fully saturated rings. The average Bonchev–Trinajstić information content (AvgIpc) is 3.21. The number of aromatic nitrogens is 4. The molecule has 3 heterocycles. The van der Waals surface area contributed by atoms with Gasteiger partial charge in [-0.3, -0.25) is 0 Å². The van der Waals surface area contributed by atoms with E-state index >= 15 is 0 Å². The quantitative estimate of drug-likeness (QED) is 0.450. The molecular formula is C22H24ClN5O2. The number of hydrogen-bond donors (Lipinski definition) is 1. The summed E-state index contributed by atoms with van der Waals surface area (Å²) in [5.74, 6) is 1.02. The molecule has 3 aromatic heterocycles. The highest BCUT2D eigenvalue weighted by Crippen LogP contribution is 2.34. The summed E-state index contributed by atoms with van der Waals surface area (Å²) in [6, 6.07) is 12.3. The fraction of sp³-hybridized carbons (Fsp3) is 0.273. The van der Waals surface area contributed by atoms with Gasteiger partial charge >= 0.3 is 0 Å². The highest BCUT2D eigenvalue weighted by molar-refractivity contribution is 5.98. The molecule has 156 valence electrons. The number of anilines is 2. The van der Waals surface area contributed by atoms with Gasteiger partial charge in [0, 0.05) is 36.5 Å². The molecule has 7 nitrogen and oxygen atoms in total. The number of nitrogens with one attached hydrogen (secondary N) is 1. The standard InChI is InChI=1S/C22H23N5O2.ClH/c1-4-15-6-5-7-16(12-15)25-20-17-9-8-14(2)24-21(17)23-13-18(20)22-26-19(27-29-22)10-11-28-3;/h5-9,12-13H,4,10-11H2,1-3H3,(H,23,24,25);1H. The predicted molar refractivity (Wildman–Crippen MR) is 119 cm³/mol. The summed E-state index contributed by atoms with van der Waals surface area (Å²) in [6.07, 6.45) is 3.28. The summed E-state index contributed by atoms with van der Waals surface area (Å²) in [7, 11) is 1.65. The van der Waals surface area contributed by atoms with Gasteiger partial charge in [-0.15, -0.1) is 12.4 Å². The van der Waals surface area contributed by atoms with Crippen LogP contribution >= 0.6 is 12.4 Å². The van der Waals surface area contributed by atoms with Crippen molar-refractivity contribution in [2.45, 2.75) is 26.7 Å². The lowest BCUT2D eigenvalue weighted by Gasteiger charge is -2.13. The lowest BCUT2D eigenvalue weighted by molar-refractivity contribution is 0.199. The number of halogens is 1. The zero-order valence-electron chi connectivity index (χ0n) is 17.2. The van der Waals surface area contributed by atoms with Gasteiger partial charge in [0.05, 0.1) is 17.9 Å². The van der Waals surface area contributed by atoms with Crippen molar-refractivity contribution in [3.63, 3.8) is 0 Å². The largest absolute Gasteiger partial charge is 0.384 e. The molecule has 4 rings (SSSR count). The summed E-state index contributed by atoms with van der Waals surface area (Å²) in [5.41, 5.74) is 5.40. The fourth-order valence-corrected chi connectivity index (χ4v) is 3.14. The molecule has 0 bridgehead atoms. The number of methoxy groups -OCH3 is 1. The van der Waals surface area contributed by atoms with Crippen LogP contribution in [0.15, 0.2) is 47.1 Å². The van der Waals surface area contributed by atoms with Crippen molar-refractivity contribution in [2.24, 2.45) is 0 Å². The molecule has 0 unspecified atom stereocenters. The van der Waals surface area contributed by atoms with Gasteiger partial charge in [-0.05, 0) is 43.2 Å². The van der Waals surface area contributed by atoms with Gasteiger partial charge in [0.25, 0.3) is 5.89 Å². The predicted octanol–water partition coefficient (Wildman–Crippen LogP) is 4.90. The van der Waals surface area contributed by atoms with Crippen LogP contribution in [0.2, 0.25) is 0 Å². The summed E-state index contributed by atoms with van der Waals surface area (Å²) >= 11 is 0. The van der Waals surface area contributed by atoms with Crippen LogP contribution in [0.5, 0.6) is 0 Å². The van der Waals surface area contributed by atoms with Crippen molar-refractivity contribution in [1.82, 2.24) is 20.1 Å². The third-order valence-electron chi connectivity index (χ3n) is 4.70. The minimum atomic E-state index is 0. The van der Waals surface area contributed by atoms with Crippen molar-refractivity contribution in [1.29, 1.82) is 0 Å². The molecule has 8 heteroatoms. The number of fused-ring (bicyclic) bond motifs is 1. The Balaban J connectivity index is 0.00000256. The number of benzene rings is 1. The lowest BCUT2D eigenvalue weighted by atomic mass is 10.1. The van der Waals surface area contributed by atoms with E-state index < -0.39 is 0 Å². The van der Waals surface area contributed by atoms with Crippen molar-refractivity contribution in [3.8, 4) is 11.5 Å². The van der Waals surface area contributed by atoms with E-state index in [-0.39, 0.29) is 12.4 Å². The van der Waals surface area contributed by atoms with Crippen LogP contribution in [-0.2, 0) is 17.6 Å². The van der Waals surface area contributed by atoms with E-state index in [9.17, 15) is 0 Å². The van der Waals surface area contributed by atoms with Crippen LogP contribution in [0.1, 0.15) is 24.0 Å². The van der Waals surface area contributed by atoms with E-state index in [0.29, 0.717) is 30.4 Å². The maximum atomic E-state index is 5.53. The fourth-order valence-electron chi connectivity index (χ4n) is 3.14. The molecule has 0 aliphatic carbocycles. The maximum absolute atomic E-state index is 5.53. The second kappa shape index (κ2) is 9.65. The normalized spacial score (nSPS) is 10.8. The Kier molecular flexibility index (Phi) is 6.97. The molecule has 4 aromatic rings. The number of nitrogens with zero attached hydrogens (tertiary/aromatic N) is 4. The minimum Gasteiger partial charge on any atom is -0.384 e. The molecule has 0 spiro atoms. The number of rotatable bonds is 7. The van der Waals surface area contributed by atoms with Gasteiger partial charge in [0.15, 0.2) is 11.5 Å². The zero-order valence-corrected chi connectivity index (χ0v) is 18.0. The molecule has 0 atom stereocenters. The highest BCUT2D eigenvalue weighted by atomic mass is 35.5. The number of aryl methyl sites for hydroxylation is 2. The Morgan fingerprint density at radius 2 is 2.00 bits per heavy atom. The summed E-state index contributed by atoms with van der Waals surface area (Å²) < 4.78 is 10.6. The van der Waals surface area contributed by atoms with E-state index in [1.807, 2.05) is 31.2 Å². The molecule has 0 aliphatic heterocycles. The van der Waals surface area contributed by atoms with Crippen LogP contribution in [-0.4, -0.2) is 33.8 Å². The summed E-state index contributed by atoms with van der Waals surface area (Å²) in [6.45, 7) is 4.62. The molecule has 0 radical (unpaired) electrons. The van der Waals surface area contributed by atoms with E-state index in [1.54, 1.807) is 13.3 Å². The topological polar surface area (TPSA) is 86.0 Å². The molecule has 1 aromatic carbocycles. The Morgan fingerprint density at radius 1 is 1.13 bits per heavy atom. The SMILES string of the molecule is CCc1cccc(Nc2c(-c3nc(CCOC)no3)cnc3nc(C)ccc23)c1.Cl. The summed E-state index contributed by atoms with van der Waals surface area (Å²) in [5, 5.41) is 8.49. The maximum Gasteiger partial charge on any atom is 0.261 e. The van der Waals surface area contributed by atoms with Gasteiger partial charge in [0.1, 0.15) is 0 Å². The Bertz CT molecular complexity index is 1150. The second-order valence-electron chi connectivity index (χ2n) is 6.81. The molecular weight excluding hydrogens is 402 g/mol. The molecule has 0 saturated carbocycles. The first-order valence-corrected chi connectivity index (χ1v) is 9.62.